The maximum atomic E-state index is 12.7. The Morgan fingerprint density at radius 2 is 1.89 bits per heavy atom. The summed E-state index contributed by atoms with van der Waals surface area (Å²) in [7, 11) is 0. The molecule has 0 N–H and O–H groups in total. The van der Waals surface area contributed by atoms with E-state index in [2.05, 4.69) is 5.10 Å². The molecule has 3 nitrogen and oxygen atoms in total. The average molecular weight is 254 g/mol. The Labute approximate surface area is 101 Å². The van der Waals surface area contributed by atoms with Crippen LogP contribution in [-0.2, 0) is 12.7 Å². The molecule has 0 saturated carbocycles. The van der Waals surface area contributed by atoms with Crippen LogP contribution < -0.4 is 0 Å². The Morgan fingerprint density at radius 1 is 1.22 bits per heavy atom. The zero-order chi connectivity index (χ0) is 13.2. The van der Waals surface area contributed by atoms with Gasteiger partial charge in [-0.3, -0.25) is 9.48 Å². The maximum Gasteiger partial charge on any atom is 0.433 e. The van der Waals surface area contributed by atoms with Crippen molar-refractivity contribution in [1.29, 1.82) is 0 Å². The van der Waals surface area contributed by atoms with Crippen LogP contribution in [0.2, 0.25) is 0 Å². The van der Waals surface area contributed by atoms with Crippen molar-refractivity contribution < 1.29 is 18.0 Å². The number of hydrogen-bond acceptors (Lipinski definition) is 2. The van der Waals surface area contributed by atoms with Crippen molar-refractivity contribution in [2.45, 2.75) is 12.7 Å². The molecule has 0 saturated heterocycles. The molecule has 0 bridgehead atoms. The first-order valence-electron chi connectivity index (χ1n) is 5.15. The molecule has 18 heavy (non-hydrogen) atoms. The van der Waals surface area contributed by atoms with Crippen molar-refractivity contribution in [3.8, 4) is 0 Å². The minimum atomic E-state index is -4.52. The third-order valence-corrected chi connectivity index (χ3v) is 2.39. The van der Waals surface area contributed by atoms with E-state index in [1.807, 2.05) is 0 Å². The van der Waals surface area contributed by atoms with Gasteiger partial charge in [-0.05, 0) is 11.6 Å². The van der Waals surface area contributed by atoms with E-state index < -0.39 is 11.9 Å². The SMILES string of the molecule is O=Cc1cc(C(F)(F)F)n(Cc2ccccc2)n1. The summed E-state index contributed by atoms with van der Waals surface area (Å²) in [4.78, 5) is 10.5. The fourth-order valence-corrected chi connectivity index (χ4v) is 1.60. The summed E-state index contributed by atoms with van der Waals surface area (Å²) in [6, 6.07) is 9.37. The van der Waals surface area contributed by atoms with Crippen molar-refractivity contribution >= 4 is 6.29 Å². The first-order chi connectivity index (χ1) is 8.50. The van der Waals surface area contributed by atoms with Gasteiger partial charge >= 0.3 is 6.18 Å². The van der Waals surface area contributed by atoms with E-state index in [1.54, 1.807) is 30.3 Å². The van der Waals surface area contributed by atoms with Crippen LogP contribution in [0, 0.1) is 0 Å². The first kappa shape index (κ1) is 12.3. The number of alkyl halides is 3. The molecule has 0 spiro atoms. The highest BCUT2D eigenvalue weighted by atomic mass is 19.4. The van der Waals surface area contributed by atoms with E-state index in [0.717, 1.165) is 10.7 Å². The minimum absolute atomic E-state index is 0.0243. The molecule has 0 fully saturated rings. The number of aromatic nitrogens is 2. The number of hydrogen-bond donors (Lipinski definition) is 0. The second-order valence-electron chi connectivity index (χ2n) is 3.71. The van der Waals surface area contributed by atoms with Gasteiger partial charge in [-0.1, -0.05) is 30.3 Å². The van der Waals surface area contributed by atoms with Crippen molar-refractivity contribution in [3.05, 3.63) is 53.3 Å². The number of benzene rings is 1. The zero-order valence-electron chi connectivity index (χ0n) is 9.19. The fourth-order valence-electron chi connectivity index (χ4n) is 1.60. The maximum absolute atomic E-state index is 12.7. The van der Waals surface area contributed by atoms with E-state index in [-0.39, 0.29) is 12.2 Å². The minimum Gasteiger partial charge on any atom is -0.296 e. The average Bonchev–Trinajstić information content (AvgIpc) is 2.73. The fraction of sp³-hybridized carbons (Fsp3) is 0.167. The molecule has 0 aliphatic rings. The van der Waals surface area contributed by atoms with Gasteiger partial charge in [-0.2, -0.15) is 18.3 Å². The highest BCUT2D eigenvalue weighted by Gasteiger charge is 2.35. The Kier molecular flexibility index (Phi) is 3.18. The monoisotopic (exact) mass is 254 g/mol. The third kappa shape index (κ3) is 2.58. The molecule has 94 valence electrons. The van der Waals surface area contributed by atoms with Gasteiger partial charge in [0.2, 0.25) is 0 Å². The van der Waals surface area contributed by atoms with Crippen LogP contribution in [0.5, 0.6) is 0 Å². The Hall–Kier alpha value is -2.11. The molecule has 1 aromatic heterocycles. The summed E-state index contributed by atoms with van der Waals surface area (Å²) < 4.78 is 39.0. The van der Waals surface area contributed by atoms with E-state index in [0.29, 0.717) is 11.8 Å². The molecule has 1 heterocycles. The van der Waals surface area contributed by atoms with Gasteiger partial charge in [0.1, 0.15) is 11.4 Å². The molecule has 0 amide bonds. The Morgan fingerprint density at radius 3 is 2.44 bits per heavy atom. The van der Waals surface area contributed by atoms with E-state index in [9.17, 15) is 18.0 Å². The number of rotatable bonds is 3. The van der Waals surface area contributed by atoms with Gasteiger partial charge < -0.3 is 0 Å². The molecular weight excluding hydrogens is 245 g/mol. The standard InChI is InChI=1S/C12H9F3N2O/c13-12(14,15)11-6-10(8-18)16-17(11)7-9-4-2-1-3-5-9/h1-6,8H,7H2. The highest BCUT2D eigenvalue weighted by molar-refractivity contribution is 5.71. The van der Waals surface area contributed by atoms with Crippen LogP contribution in [0.4, 0.5) is 13.2 Å². The van der Waals surface area contributed by atoms with Crippen molar-refractivity contribution in [3.63, 3.8) is 0 Å². The Bertz CT molecular complexity index is 546. The molecule has 6 heteroatoms. The largest absolute Gasteiger partial charge is 0.433 e. The molecule has 0 radical (unpaired) electrons. The lowest BCUT2D eigenvalue weighted by atomic mass is 10.2. The predicted molar refractivity (Wildman–Crippen MR) is 58.2 cm³/mol. The summed E-state index contributed by atoms with van der Waals surface area (Å²) in [6.45, 7) is -0.0243. The van der Waals surface area contributed by atoms with E-state index in [1.165, 1.54) is 0 Å². The Balaban J connectivity index is 2.38. The number of aldehydes is 1. The number of carbonyl (C=O) groups excluding carboxylic acids is 1. The zero-order valence-corrected chi connectivity index (χ0v) is 9.19. The third-order valence-electron chi connectivity index (χ3n) is 2.39. The lowest BCUT2D eigenvalue weighted by molar-refractivity contribution is -0.144. The van der Waals surface area contributed by atoms with Gasteiger partial charge in [0, 0.05) is 0 Å². The normalized spacial score (nSPS) is 11.5. The number of carbonyl (C=O) groups is 1. The summed E-state index contributed by atoms with van der Waals surface area (Å²) in [5.41, 5.74) is -0.463. The van der Waals surface area contributed by atoms with E-state index in [4.69, 9.17) is 0 Å². The second kappa shape index (κ2) is 4.64. The molecule has 2 aromatic rings. The van der Waals surface area contributed by atoms with Crippen LogP contribution in [0.3, 0.4) is 0 Å². The van der Waals surface area contributed by atoms with Crippen LogP contribution >= 0.6 is 0 Å². The van der Waals surface area contributed by atoms with E-state index >= 15 is 0 Å². The molecule has 0 aliphatic heterocycles. The van der Waals surface area contributed by atoms with Crippen LogP contribution in [0.1, 0.15) is 21.7 Å². The topological polar surface area (TPSA) is 34.9 Å². The first-order valence-corrected chi connectivity index (χ1v) is 5.15. The predicted octanol–water partition coefficient (Wildman–Crippen LogP) is 2.76. The van der Waals surface area contributed by atoms with Crippen LogP contribution in [0.15, 0.2) is 36.4 Å². The molecule has 0 atom stereocenters. The summed E-state index contributed by atoms with van der Waals surface area (Å²) in [5.74, 6) is 0. The molecule has 1 aromatic carbocycles. The van der Waals surface area contributed by atoms with Gasteiger partial charge in [-0.15, -0.1) is 0 Å². The van der Waals surface area contributed by atoms with Gasteiger partial charge in [0.05, 0.1) is 6.54 Å². The van der Waals surface area contributed by atoms with Crippen molar-refractivity contribution in [2.75, 3.05) is 0 Å². The summed E-state index contributed by atoms with van der Waals surface area (Å²) in [5, 5.41) is 3.62. The van der Waals surface area contributed by atoms with Crippen LogP contribution in [-0.4, -0.2) is 16.1 Å². The summed E-state index contributed by atoms with van der Waals surface area (Å²) >= 11 is 0. The lowest BCUT2D eigenvalue weighted by Gasteiger charge is -2.09. The molecule has 0 unspecified atom stereocenters. The molecule has 0 aliphatic carbocycles. The lowest BCUT2D eigenvalue weighted by Crippen LogP contribution is -2.15. The van der Waals surface area contributed by atoms with Crippen molar-refractivity contribution in [2.24, 2.45) is 0 Å². The highest BCUT2D eigenvalue weighted by Crippen LogP contribution is 2.29. The van der Waals surface area contributed by atoms with Gasteiger partial charge in [-0.25, -0.2) is 0 Å². The number of nitrogens with zero attached hydrogens (tertiary/aromatic N) is 2. The van der Waals surface area contributed by atoms with Crippen molar-refractivity contribution in [1.82, 2.24) is 9.78 Å². The summed E-state index contributed by atoms with van der Waals surface area (Å²) in [6.07, 6.45) is -4.22. The quantitative estimate of drug-likeness (QED) is 0.789. The number of halogens is 3. The second-order valence-corrected chi connectivity index (χ2v) is 3.71. The van der Waals surface area contributed by atoms with Gasteiger partial charge in [0.25, 0.3) is 0 Å². The molecule has 2 rings (SSSR count). The van der Waals surface area contributed by atoms with Crippen LogP contribution in [0.25, 0.3) is 0 Å². The van der Waals surface area contributed by atoms with Gasteiger partial charge in [0.15, 0.2) is 6.29 Å². The molecular formula is C12H9F3N2O. The smallest absolute Gasteiger partial charge is 0.296 e.